The highest BCUT2D eigenvalue weighted by Gasteiger charge is 2.19. The van der Waals surface area contributed by atoms with Crippen molar-refractivity contribution in [1.82, 2.24) is 16.0 Å². The largest absolute Gasteiger partial charge is 0.480 e. The third-order valence-electron chi connectivity index (χ3n) is 2.30. The van der Waals surface area contributed by atoms with Gasteiger partial charge in [-0.05, 0) is 13.8 Å². The topological polar surface area (TPSA) is 117 Å². The molecular formula is C12H23N3O5. The maximum Gasteiger partial charge on any atom is 0.326 e. The van der Waals surface area contributed by atoms with Crippen LogP contribution in [-0.2, 0) is 14.3 Å². The summed E-state index contributed by atoms with van der Waals surface area (Å²) in [4.78, 5) is 33.7. The van der Waals surface area contributed by atoms with Crippen molar-refractivity contribution < 1.29 is 24.2 Å². The van der Waals surface area contributed by atoms with Crippen LogP contribution in [-0.4, -0.2) is 55.4 Å². The van der Waals surface area contributed by atoms with Gasteiger partial charge in [0.2, 0.25) is 5.91 Å². The lowest BCUT2D eigenvalue weighted by molar-refractivity contribution is -0.139. The van der Waals surface area contributed by atoms with E-state index in [0.29, 0.717) is 0 Å². The van der Waals surface area contributed by atoms with Crippen molar-refractivity contribution in [1.29, 1.82) is 0 Å². The number of amides is 3. The minimum Gasteiger partial charge on any atom is -0.480 e. The third-order valence-corrected chi connectivity index (χ3v) is 2.30. The summed E-state index contributed by atoms with van der Waals surface area (Å²) in [5.41, 5.74) is 0. The van der Waals surface area contributed by atoms with Crippen molar-refractivity contribution >= 4 is 17.9 Å². The van der Waals surface area contributed by atoms with Crippen LogP contribution in [0.4, 0.5) is 4.79 Å². The number of ether oxygens (including phenoxy) is 1. The molecule has 0 aromatic heterocycles. The van der Waals surface area contributed by atoms with E-state index in [2.05, 4.69) is 16.0 Å². The quantitative estimate of drug-likeness (QED) is 0.464. The van der Waals surface area contributed by atoms with Crippen LogP contribution in [0.25, 0.3) is 0 Å². The van der Waals surface area contributed by atoms with Crippen LogP contribution < -0.4 is 16.0 Å². The van der Waals surface area contributed by atoms with E-state index in [0.717, 1.165) is 0 Å². The molecule has 0 radical (unpaired) electrons. The smallest absolute Gasteiger partial charge is 0.326 e. The molecule has 8 nitrogen and oxygen atoms in total. The molecule has 1 unspecified atom stereocenters. The second-order valence-corrected chi connectivity index (χ2v) is 4.54. The Kier molecular flexibility index (Phi) is 9.10. The van der Waals surface area contributed by atoms with Crippen molar-refractivity contribution in [2.45, 2.75) is 38.8 Å². The van der Waals surface area contributed by atoms with Gasteiger partial charge in [-0.2, -0.15) is 0 Å². The molecule has 0 aliphatic heterocycles. The zero-order chi connectivity index (χ0) is 15.5. The van der Waals surface area contributed by atoms with E-state index in [1.54, 1.807) is 0 Å². The molecule has 0 saturated carbocycles. The summed E-state index contributed by atoms with van der Waals surface area (Å²) in [6, 6.07) is -1.59. The normalized spacial score (nSPS) is 11.8. The molecule has 8 heteroatoms. The highest BCUT2D eigenvalue weighted by atomic mass is 16.5. The number of carboxylic acid groups (broad SMARTS) is 1. The fraction of sp³-hybridized carbons (Fsp3) is 0.750. The van der Waals surface area contributed by atoms with E-state index < -0.39 is 18.0 Å². The van der Waals surface area contributed by atoms with Gasteiger partial charge in [0.1, 0.15) is 6.04 Å². The molecule has 116 valence electrons. The van der Waals surface area contributed by atoms with Gasteiger partial charge in [-0.15, -0.1) is 0 Å². The van der Waals surface area contributed by atoms with E-state index in [4.69, 9.17) is 9.84 Å². The van der Waals surface area contributed by atoms with Gasteiger partial charge in [0.05, 0.1) is 0 Å². The van der Waals surface area contributed by atoms with E-state index in [1.807, 2.05) is 13.8 Å². The maximum atomic E-state index is 11.5. The molecule has 0 aromatic carbocycles. The Hall–Kier alpha value is -1.83. The summed E-state index contributed by atoms with van der Waals surface area (Å²) in [7, 11) is 1.45. The van der Waals surface area contributed by atoms with Crippen molar-refractivity contribution in [2.24, 2.45) is 0 Å². The van der Waals surface area contributed by atoms with Gasteiger partial charge in [0, 0.05) is 39.1 Å². The van der Waals surface area contributed by atoms with E-state index in [9.17, 15) is 14.4 Å². The number of methoxy groups -OCH3 is 1. The summed E-state index contributed by atoms with van der Waals surface area (Å²) in [5, 5.41) is 16.3. The first kappa shape index (κ1) is 18.2. The van der Waals surface area contributed by atoms with Gasteiger partial charge in [-0.3, -0.25) is 4.79 Å². The average Bonchev–Trinajstić information content (AvgIpc) is 2.33. The van der Waals surface area contributed by atoms with Crippen molar-refractivity contribution in [2.75, 3.05) is 20.3 Å². The molecule has 0 aliphatic rings. The first-order valence-corrected chi connectivity index (χ1v) is 6.42. The standard InChI is InChI=1S/C12H23N3O5/c1-8(2)14-10(16)4-6-13-12(19)15-9(11(17)18)5-7-20-3/h8-9H,4-7H2,1-3H3,(H,14,16)(H,17,18)(H2,13,15,19). The molecule has 3 amide bonds. The number of aliphatic carboxylic acids is 1. The van der Waals surface area contributed by atoms with Gasteiger partial charge in [0.15, 0.2) is 0 Å². The molecular weight excluding hydrogens is 266 g/mol. The molecule has 0 spiro atoms. The molecule has 0 fully saturated rings. The first-order chi connectivity index (χ1) is 9.36. The average molecular weight is 289 g/mol. The number of hydrogen-bond donors (Lipinski definition) is 4. The van der Waals surface area contributed by atoms with Crippen LogP contribution in [0.1, 0.15) is 26.7 Å². The second-order valence-electron chi connectivity index (χ2n) is 4.54. The second kappa shape index (κ2) is 10.0. The Morgan fingerprint density at radius 2 is 1.85 bits per heavy atom. The fourth-order valence-electron chi connectivity index (χ4n) is 1.39. The van der Waals surface area contributed by atoms with Crippen LogP contribution >= 0.6 is 0 Å². The highest BCUT2D eigenvalue weighted by Crippen LogP contribution is 1.93. The predicted octanol–water partition coefficient (Wildman–Crippen LogP) is -0.310. The van der Waals surface area contributed by atoms with Crippen LogP contribution in [0.2, 0.25) is 0 Å². The van der Waals surface area contributed by atoms with Crippen LogP contribution in [0, 0.1) is 0 Å². The SMILES string of the molecule is COCCC(NC(=O)NCCC(=O)NC(C)C)C(=O)O. The zero-order valence-electron chi connectivity index (χ0n) is 12.1. The Morgan fingerprint density at radius 1 is 1.20 bits per heavy atom. The van der Waals surface area contributed by atoms with Crippen molar-refractivity contribution in [3.8, 4) is 0 Å². The molecule has 0 bridgehead atoms. The van der Waals surface area contributed by atoms with Gasteiger partial charge >= 0.3 is 12.0 Å². The summed E-state index contributed by atoms with van der Waals surface area (Å²) < 4.78 is 4.77. The fourth-order valence-corrected chi connectivity index (χ4v) is 1.39. The monoisotopic (exact) mass is 289 g/mol. The zero-order valence-corrected chi connectivity index (χ0v) is 12.1. The van der Waals surface area contributed by atoms with Crippen molar-refractivity contribution in [3.05, 3.63) is 0 Å². The summed E-state index contributed by atoms with van der Waals surface area (Å²) in [5.74, 6) is -1.30. The summed E-state index contributed by atoms with van der Waals surface area (Å²) in [6.07, 6.45) is 0.314. The lowest BCUT2D eigenvalue weighted by atomic mass is 10.2. The van der Waals surface area contributed by atoms with Crippen LogP contribution in [0.5, 0.6) is 0 Å². The molecule has 0 aliphatic carbocycles. The number of carboxylic acids is 1. The molecule has 20 heavy (non-hydrogen) atoms. The lowest BCUT2D eigenvalue weighted by Gasteiger charge is -2.15. The Labute approximate surface area is 118 Å². The van der Waals surface area contributed by atoms with Crippen molar-refractivity contribution in [3.63, 3.8) is 0 Å². The Bertz CT molecular complexity index is 333. The molecule has 0 saturated heterocycles. The van der Waals surface area contributed by atoms with Gasteiger partial charge in [-0.25, -0.2) is 9.59 Å². The van der Waals surface area contributed by atoms with E-state index >= 15 is 0 Å². The number of nitrogens with one attached hydrogen (secondary N) is 3. The number of carbonyl (C=O) groups excluding carboxylic acids is 2. The Balaban J connectivity index is 3.96. The van der Waals surface area contributed by atoms with Gasteiger partial charge < -0.3 is 25.8 Å². The highest BCUT2D eigenvalue weighted by molar-refractivity contribution is 5.83. The first-order valence-electron chi connectivity index (χ1n) is 6.42. The third kappa shape index (κ3) is 9.15. The summed E-state index contributed by atoms with van der Waals surface area (Å²) >= 11 is 0. The number of rotatable bonds is 9. The maximum absolute atomic E-state index is 11.5. The predicted molar refractivity (Wildman–Crippen MR) is 72.3 cm³/mol. The lowest BCUT2D eigenvalue weighted by Crippen LogP contribution is -2.47. The minimum absolute atomic E-state index is 0.0433. The number of urea groups is 1. The molecule has 0 heterocycles. The molecule has 4 N–H and O–H groups in total. The summed E-state index contributed by atoms with van der Waals surface area (Å²) in [6.45, 7) is 4.05. The Morgan fingerprint density at radius 3 is 2.35 bits per heavy atom. The van der Waals surface area contributed by atoms with Crippen LogP contribution in [0.15, 0.2) is 0 Å². The number of hydrogen-bond acceptors (Lipinski definition) is 4. The van der Waals surface area contributed by atoms with E-state index in [-0.39, 0.29) is 37.9 Å². The van der Waals surface area contributed by atoms with E-state index in [1.165, 1.54) is 7.11 Å². The minimum atomic E-state index is -1.13. The van der Waals surface area contributed by atoms with Crippen LogP contribution in [0.3, 0.4) is 0 Å². The van der Waals surface area contributed by atoms with Gasteiger partial charge in [0.25, 0.3) is 0 Å². The van der Waals surface area contributed by atoms with Gasteiger partial charge in [-0.1, -0.05) is 0 Å². The molecule has 0 aromatic rings. The molecule has 0 rings (SSSR count). The number of carbonyl (C=O) groups is 3. The molecule has 1 atom stereocenters.